The molecule has 0 aromatic heterocycles. The second kappa shape index (κ2) is 3.46. The van der Waals surface area contributed by atoms with Crippen LogP contribution < -0.4 is 0 Å². The average Bonchev–Trinajstić information content (AvgIpc) is 2.05. The summed E-state index contributed by atoms with van der Waals surface area (Å²) in [6.45, 7) is 1.72. The summed E-state index contributed by atoms with van der Waals surface area (Å²) in [5.74, 6) is 0.302. The topological polar surface area (TPSA) is 40.9 Å². The zero-order valence-corrected chi connectivity index (χ0v) is 8.28. The summed E-state index contributed by atoms with van der Waals surface area (Å²) in [6.07, 6.45) is 0. The van der Waals surface area contributed by atoms with E-state index in [4.69, 9.17) is 16.4 Å². The average molecular weight is 204 g/mol. The monoisotopic (exact) mass is 203 g/mol. The summed E-state index contributed by atoms with van der Waals surface area (Å²) in [7, 11) is -2.66. The van der Waals surface area contributed by atoms with Crippen LogP contribution in [-0.2, 0) is 9.73 Å². The smallest absolute Gasteiger partial charge is 0.0738 e. The van der Waals surface area contributed by atoms with Crippen LogP contribution in [0.3, 0.4) is 0 Å². The van der Waals surface area contributed by atoms with Gasteiger partial charge in [0.25, 0.3) is 0 Å². The third kappa shape index (κ3) is 1.79. The van der Waals surface area contributed by atoms with Crippen LogP contribution >= 0.6 is 11.6 Å². The molecule has 1 N–H and O–H groups in total. The van der Waals surface area contributed by atoms with Crippen LogP contribution in [0, 0.1) is 4.78 Å². The number of hydrogen-bond acceptors (Lipinski definition) is 2. The maximum absolute atomic E-state index is 11.6. The molecule has 0 saturated carbocycles. The molecule has 1 rings (SSSR count). The Hall–Kier alpha value is -0.540. The molecule has 0 bridgehead atoms. The van der Waals surface area contributed by atoms with Gasteiger partial charge in [0.1, 0.15) is 0 Å². The fourth-order valence-electron chi connectivity index (χ4n) is 0.868. The van der Waals surface area contributed by atoms with Crippen LogP contribution in [-0.4, -0.2) is 9.96 Å². The second-order valence-corrected chi connectivity index (χ2v) is 5.17. The Morgan fingerprint density at radius 1 is 1.50 bits per heavy atom. The number of benzene rings is 1. The highest BCUT2D eigenvalue weighted by atomic mass is 35.5. The Kier molecular flexibility index (Phi) is 2.75. The van der Waals surface area contributed by atoms with E-state index in [-0.39, 0.29) is 0 Å². The van der Waals surface area contributed by atoms with Crippen molar-refractivity contribution >= 4 is 21.3 Å². The van der Waals surface area contributed by atoms with Gasteiger partial charge in [-0.25, -0.2) is 8.99 Å². The molecular formula is C8H10ClNOS. The molecular weight excluding hydrogens is 194 g/mol. The van der Waals surface area contributed by atoms with Crippen molar-refractivity contribution in [1.29, 1.82) is 4.78 Å². The molecule has 1 aromatic rings. The standard InChI is InChI=1S/C8H10ClNOS/c1-2-12(10,11)8-6-4-3-5-7(8)9/h3-6,10H,2H2,1H3/t12-/m1/s1. The summed E-state index contributed by atoms with van der Waals surface area (Å²) in [6, 6.07) is 6.80. The first-order chi connectivity index (χ1) is 5.58. The molecule has 0 aliphatic heterocycles. The maximum Gasteiger partial charge on any atom is 0.0738 e. The van der Waals surface area contributed by atoms with E-state index >= 15 is 0 Å². The molecule has 0 unspecified atom stereocenters. The molecule has 66 valence electrons. The van der Waals surface area contributed by atoms with Gasteiger partial charge >= 0.3 is 0 Å². The van der Waals surface area contributed by atoms with E-state index in [1.807, 2.05) is 0 Å². The van der Waals surface area contributed by atoms with Gasteiger partial charge in [0, 0.05) is 5.75 Å². The lowest BCUT2D eigenvalue weighted by Gasteiger charge is -2.05. The summed E-state index contributed by atoms with van der Waals surface area (Å²) in [5, 5.41) is 0.416. The van der Waals surface area contributed by atoms with Crippen LogP contribution in [0.25, 0.3) is 0 Å². The molecule has 0 fully saturated rings. The van der Waals surface area contributed by atoms with Gasteiger partial charge in [0.2, 0.25) is 0 Å². The Balaban J connectivity index is 3.30. The minimum absolute atomic E-state index is 0.302. The van der Waals surface area contributed by atoms with Gasteiger partial charge in [0.05, 0.1) is 19.6 Å². The summed E-state index contributed by atoms with van der Waals surface area (Å²) in [5.41, 5.74) is 0. The van der Waals surface area contributed by atoms with Crippen molar-refractivity contribution in [3.05, 3.63) is 29.3 Å². The predicted octanol–water partition coefficient (Wildman–Crippen LogP) is 2.77. The third-order valence-corrected chi connectivity index (χ3v) is 3.92. The first-order valence-electron chi connectivity index (χ1n) is 3.59. The Morgan fingerprint density at radius 2 is 2.08 bits per heavy atom. The molecule has 2 nitrogen and oxygen atoms in total. The van der Waals surface area contributed by atoms with Gasteiger partial charge in [0.15, 0.2) is 0 Å². The van der Waals surface area contributed by atoms with Crippen LogP contribution in [0.15, 0.2) is 29.2 Å². The van der Waals surface area contributed by atoms with Gasteiger partial charge < -0.3 is 0 Å². The van der Waals surface area contributed by atoms with E-state index in [0.717, 1.165) is 0 Å². The molecule has 4 heteroatoms. The Bertz CT molecular complexity index is 372. The summed E-state index contributed by atoms with van der Waals surface area (Å²) >= 11 is 5.79. The fraction of sp³-hybridized carbons (Fsp3) is 0.250. The van der Waals surface area contributed by atoms with E-state index < -0.39 is 9.73 Å². The Labute approximate surface area is 77.5 Å². The van der Waals surface area contributed by atoms with Crippen LogP contribution in [0.1, 0.15) is 6.92 Å². The van der Waals surface area contributed by atoms with Gasteiger partial charge in [-0.05, 0) is 12.1 Å². The molecule has 0 saturated heterocycles. The largest absolute Gasteiger partial charge is 0.249 e. The fourth-order valence-corrected chi connectivity index (χ4v) is 2.37. The molecule has 0 aliphatic carbocycles. The summed E-state index contributed by atoms with van der Waals surface area (Å²) in [4.78, 5) is 0.439. The van der Waals surface area contributed by atoms with Crippen LogP contribution in [0.2, 0.25) is 5.02 Å². The minimum atomic E-state index is -2.66. The lowest BCUT2D eigenvalue weighted by Crippen LogP contribution is -2.01. The highest BCUT2D eigenvalue weighted by Gasteiger charge is 2.10. The first kappa shape index (κ1) is 9.55. The van der Waals surface area contributed by atoms with Crippen molar-refractivity contribution < 1.29 is 4.21 Å². The SMILES string of the molecule is CC[S@@](=N)(=O)c1ccccc1Cl. The lowest BCUT2D eigenvalue weighted by atomic mass is 10.4. The van der Waals surface area contributed by atoms with E-state index in [2.05, 4.69) is 0 Å². The van der Waals surface area contributed by atoms with Crippen molar-refractivity contribution in [2.75, 3.05) is 5.75 Å². The molecule has 1 atom stereocenters. The highest BCUT2D eigenvalue weighted by molar-refractivity contribution is 7.92. The summed E-state index contributed by atoms with van der Waals surface area (Å²) < 4.78 is 19.1. The van der Waals surface area contributed by atoms with Crippen molar-refractivity contribution in [2.24, 2.45) is 0 Å². The number of rotatable bonds is 2. The molecule has 12 heavy (non-hydrogen) atoms. The highest BCUT2D eigenvalue weighted by Crippen LogP contribution is 2.21. The first-order valence-corrected chi connectivity index (χ1v) is 5.69. The van der Waals surface area contributed by atoms with Gasteiger partial charge in [-0.1, -0.05) is 30.7 Å². The van der Waals surface area contributed by atoms with E-state index in [0.29, 0.717) is 15.7 Å². The van der Waals surface area contributed by atoms with Crippen LogP contribution in [0.5, 0.6) is 0 Å². The maximum atomic E-state index is 11.6. The predicted molar refractivity (Wildman–Crippen MR) is 51.1 cm³/mol. The van der Waals surface area contributed by atoms with Gasteiger partial charge in [-0.15, -0.1) is 0 Å². The second-order valence-electron chi connectivity index (χ2n) is 2.39. The normalized spacial score (nSPS) is 15.5. The van der Waals surface area contributed by atoms with E-state index in [1.54, 1.807) is 31.2 Å². The third-order valence-electron chi connectivity index (χ3n) is 1.60. The minimum Gasteiger partial charge on any atom is -0.249 e. The van der Waals surface area contributed by atoms with Gasteiger partial charge in [-0.2, -0.15) is 0 Å². The van der Waals surface area contributed by atoms with E-state index in [1.165, 1.54) is 0 Å². The quantitative estimate of drug-likeness (QED) is 0.789. The number of halogens is 1. The van der Waals surface area contributed by atoms with Crippen molar-refractivity contribution in [3.63, 3.8) is 0 Å². The molecule has 0 heterocycles. The van der Waals surface area contributed by atoms with Crippen LogP contribution in [0.4, 0.5) is 0 Å². The zero-order chi connectivity index (χ0) is 9.19. The molecule has 0 amide bonds. The number of hydrogen-bond donors (Lipinski definition) is 1. The van der Waals surface area contributed by atoms with Crippen molar-refractivity contribution in [2.45, 2.75) is 11.8 Å². The van der Waals surface area contributed by atoms with Gasteiger partial charge in [-0.3, -0.25) is 0 Å². The van der Waals surface area contributed by atoms with Crippen molar-refractivity contribution in [3.8, 4) is 0 Å². The zero-order valence-electron chi connectivity index (χ0n) is 6.71. The van der Waals surface area contributed by atoms with Crippen molar-refractivity contribution in [1.82, 2.24) is 0 Å². The number of nitrogens with one attached hydrogen (secondary N) is 1. The molecule has 0 spiro atoms. The molecule has 0 aliphatic rings. The lowest BCUT2D eigenvalue weighted by molar-refractivity contribution is 0.675. The molecule has 0 radical (unpaired) electrons. The van der Waals surface area contributed by atoms with E-state index in [9.17, 15) is 4.21 Å². The molecule has 1 aromatic carbocycles. The Morgan fingerprint density at radius 3 is 2.58 bits per heavy atom.